The average molecular weight is 301 g/mol. The molecule has 0 aromatic heterocycles. The smallest absolute Gasteiger partial charge is 0.0587 e. The van der Waals surface area contributed by atoms with E-state index in [9.17, 15) is 0 Å². The van der Waals surface area contributed by atoms with E-state index < -0.39 is 0 Å². The molecule has 0 saturated heterocycles. The summed E-state index contributed by atoms with van der Waals surface area (Å²) in [5.74, 6) is 1.03. The maximum atomic E-state index is 5.02. The topological polar surface area (TPSA) is 21.3 Å². The molecular weight excluding hydrogens is 278 g/mol. The predicted molar refractivity (Wildman–Crippen MR) is 90.8 cm³/mol. The lowest BCUT2D eigenvalue weighted by Gasteiger charge is -2.07. The third-order valence-corrected chi connectivity index (χ3v) is 4.45. The minimum Gasteiger partial charge on any atom is -0.383 e. The monoisotopic (exact) mass is 301 g/mol. The number of thioether (sulfide) groups is 1. The van der Waals surface area contributed by atoms with Crippen LogP contribution in [0.2, 0.25) is 0 Å². The van der Waals surface area contributed by atoms with Crippen molar-refractivity contribution < 1.29 is 4.74 Å². The van der Waals surface area contributed by atoms with Gasteiger partial charge >= 0.3 is 0 Å². The Morgan fingerprint density at radius 3 is 2.52 bits per heavy atom. The standard InChI is InChI=1S/C18H23NOS/c1-15-5-3-4-6-17(15)14-21-18-9-7-16(8-10-18)13-19-11-12-20-2/h3-10,19H,11-14H2,1-2H3. The normalized spacial score (nSPS) is 10.8. The lowest BCUT2D eigenvalue weighted by Crippen LogP contribution is -2.18. The van der Waals surface area contributed by atoms with Crippen LogP contribution in [0.15, 0.2) is 53.4 Å². The largest absolute Gasteiger partial charge is 0.383 e. The van der Waals surface area contributed by atoms with E-state index in [2.05, 4.69) is 60.8 Å². The first kappa shape index (κ1) is 16.1. The van der Waals surface area contributed by atoms with Gasteiger partial charge in [0.2, 0.25) is 0 Å². The average Bonchev–Trinajstić information content (AvgIpc) is 2.52. The van der Waals surface area contributed by atoms with Crippen molar-refractivity contribution in [3.8, 4) is 0 Å². The highest BCUT2D eigenvalue weighted by Crippen LogP contribution is 2.24. The second-order valence-corrected chi connectivity index (χ2v) is 6.08. The summed E-state index contributed by atoms with van der Waals surface area (Å²) in [6.45, 7) is 4.71. The lowest BCUT2D eigenvalue weighted by molar-refractivity contribution is 0.199. The summed E-state index contributed by atoms with van der Waals surface area (Å²) in [4.78, 5) is 1.32. The minimum absolute atomic E-state index is 0.754. The molecule has 0 unspecified atom stereocenters. The van der Waals surface area contributed by atoms with E-state index in [1.165, 1.54) is 21.6 Å². The quantitative estimate of drug-likeness (QED) is 0.588. The number of hydrogen-bond donors (Lipinski definition) is 1. The molecule has 0 aliphatic rings. The Morgan fingerprint density at radius 1 is 1.05 bits per heavy atom. The SMILES string of the molecule is COCCNCc1ccc(SCc2ccccc2C)cc1. The Labute approximate surface area is 131 Å². The van der Waals surface area contributed by atoms with Crippen LogP contribution in [-0.2, 0) is 17.0 Å². The summed E-state index contributed by atoms with van der Waals surface area (Å²) in [5, 5.41) is 3.36. The van der Waals surface area contributed by atoms with Crippen LogP contribution in [0.1, 0.15) is 16.7 Å². The van der Waals surface area contributed by atoms with Crippen LogP contribution < -0.4 is 5.32 Å². The second kappa shape index (κ2) is 8.88. The van der Waals surface area contributed by atoms with E-state index in [1.54, 1.807) is 7.11 Å². The Kier molecular flexibility index (Phi) is 6.80. The molecule has 0 amide bonds. The molecule has 0 atom stereocenters. The fraction of sp³-hybridized carbons (Fsp3) is 0.333. The molecule has 2 aromatic rings. The van der Waals surface area contributed by atoms with Crippen LogP contribution in [0.4, 0.5) is 0 Å². The van der Waals surface area contributed by atoms with Gasteiger partial charge in [0.1, 0.15) is 0 Å². The van der Waals surface area contributed by atoms with Gasteiger partial charge in [0.15, 0.2) is 0 Å². The number of aryl methyl sites for hydroxylation is 1. The van der Waals surface area contributed by atoms with E-state index in [4.69, 9.17) is 4.74 Å². The minimum atomic E-state index is 0.754. The summed E-state index contributed by atoms with van der Waals surface area (Å²) >= 11 is 1.89. The molecule has 2 aromatic carbocycles. The highest BCUT2D eigenvalue weighted by molar-refractivity contribution is 7.98. The van der Waals surface area contributed by atoms with Gasteiger partial charge in [-0.2, -0.15) is 0 Å². The van der Waals surface area contributed by atoms with Crippen molar-refractivity contribution >= 4 is 11.8 Å². The Hall–Kier alpha value is -1.29. The number of ether oxygens (including phenoxy) is 1. The number of benzene rings is 2. The van der Waals surface area contributed by atoms with Crippen molar-refractivity contribution in [2.75, 3.05) is 20.3 Å². The zero-order valence-corrected chi connectivity index (χ0v) is 13.6. The van der Waals surface area contributed by atoms with Crippen LogP contribution in [0.5, 0.6) is 0 Å². The highest BCUT2D eigenvalue weighted by atomic mass is 32.2. The van der Waals surface area contributed by atoms with Gasteiger partial charge in [-0.1, -0.05) is 36.4 Å². The second-order valence-electron chi connectivity index (χ2n) is 5.03. The first-order chi connectivity index (χ1) is 10.3. The van der Waals surface area contributed by atoms with Crippen LogP contribution >= 0.6 is 11.8 Å². The van der Waals surface area contributed by atoms with Crippen molar-refractivity contribution in [2.45, 2.75) is 24.1 Å². The number of nitrogens with one attached hydrogen (secondary N) is 1. The lowest BCUT2D eigenvalue weighted by atomic mass is 10.1. The van der Waals surface area contributed by atoms with Gasteiger partial charge in [-0.25, -0.2) is 0 Å². The zero-order chi connectivity index (χ0) is 14.9. The molecule has 112 valence electrons. The summed E-state index contributed by atoms with van der Waals surface area (Å²) in [7, 11) is 1.72. The highest BCUT2D eigenvalue weighted by Gasteiger charge is 2.00. The molecular formula is C18H23NOS. The van der Waals surface area contributed by atoms with Crippen molar-refractivity contribution in [2.24, 2.45) is 0 Å². The number of hydrogen-bond acceptors (Lipinski definition) is 3. The molecule has 0 fully saturated rings. The molecule has 21 heavy (non-hydrogen) atoms. The molecule has 0 aliphatic carbocycles. The van der Waals surface area contributed by atoms with Gasteiger partial charge in [0.25, 0.3) is 0 Å². The fourth-order valence-corrected chi connectivity index (χ4v) is 3.02. The van der Waals surface area contributed by atoms with E-state index in [0.717, 1.165) is 25.4 Å². The molecule has 1 N–H and O–H groups in total. The molecule has 3 heteroatoms. The molecule has 0 heterocycles. The van der Waals surface area contributed by atoms with Crippen molar-refractivity contribution in [3.05, 3.63) is 65.2 Å². The first-order valence-corrected chi connectivity index (χ1v) is 8.24. The Bertz CT molecular complexity index is 539. The summed E-state index contributed by atoms with van der Waals surface area (Å²) < 4.78 is 5.02. The molecule has 0 spiro atoms. The third kappa shape index (κ3) is 5.54. The predicted octanol–water partition coefficient (Wildman–Crippen LogP) is 4.02. The van der Waals surface area contributed by atoms with Crippen molar-refractivity contribution in [3.63, 3.8) is 0 Å². The fourth-order valence-electron chi connectivity index (χ4n) is 2.04. The van der Waals surface area contributed by atoms with Crippen molar-refractivity contribution in [1.82, 2.24) is 5.32 Å². The summed E-state index contributed by atoms with van der Waals surface area (Å²) in [6, 6.07) is 17.4. The molecule has 0 saturated carbocycles. The van der Waals surface area contributed by atoms with E-state index in [0.29, 0.717) is 0 Å². The van der Waals surface area contributed by atoms with Crippen LogP contribution in [0.25, 0.3) is 0 Å². The van der Waals surface area contributed by atoms with Gasteiger partial charge in [-0.15, -0.1) is 11.8 Å². The Balaban J connectivity index is 1.81. The van der Waals surface area contributed by atoms with Gasteiger partial charge in [-0.05, 0) is 35.7 Å². The van der Waals surface area contributed by atoms with E-state index in [-0.39, 0.29) is 0 Å². The summed E-state index contributed by atoms with van der Waals surface area (Å²) in [5.41, 5.74) is 4.09. The van der Waals surface area contributed by atoms with E-state index >= 15 is 0 Å². The van der Waals surface area contributed by atoms with Crippen LogP contribution in [-0.4, -0.2) is 20.3 Å². The molecule has 0 radical (unpaired) electrons. The van der Waals surface area contributed by atoms with Gasteiger partial charge < -0.3 is 10.1 Å². The van der Waals surface area contributed by atoms with Gasteiger partial charge in [0.05, 0.1) is 6.61 Å². The first-order valence-electron chi connectivity index (χ1n) is 7.25. The van der Waals surface area contributed by atoms with Gasteiger partial charge in [0, 0.05) is 30.8 Å². The number of methoxy groups -OCH3 is 1. The molecule has 2 nitrogen and oxygen atoms in total. The molecule has 0 bridgehead atoms. The summed E-state index contributed by atoms with van der Waals surface area (Å²) in [6.07, 6.45) is 0. The zero-order valence-electron chi connectivity index (χ0n) is 12.8. The molecule has 0 aliphatic heterocycles. The number of rotatable bonds is 8. The Morgan fingerprint density at radius 2 is 1.81 bits per heavy atom. The van der Waals surface area contributed by atoms with Crippen molar-refractivity contribution in [1.29, 1.82) is 0 Å². The molecule has 2 rings (SSSR count). The van der Waals surface area contributed by atoms with Gasteiger partial charge in [-0.3, -0.25) is 0 Å². The maximum absolute atomic E-state index is 5.02. The van der Waals surface area contributed by atoms with Crippen LogP contribution in [0.3, 0.4) is 0 Å². The third-order valence-electron chi connectivity index (χ3n) is 3.39. The van der Waals surface area contributed by atoms with Crippen LogP contribution in [0, 0.1) is 6.92 Å². The maximum Gasteiger partial charge on any atom is 0.0587 e. The van der Waals surface area contributed by atoms with E-state index in [1.807, 2.05) is 11.8 Å².